The number of hydrogen-bond donors (Lipinski definition) is 0. The van der Waals surface area contributed by atoms with Crippen LogP contribution in [-0.4, -0.2) is 0 Å². The van der Waals surface area contributed by atoms with Gasteiger partial charge in [-0.2, -0.15) is 0 Å². The molecule has 0 saturated heterocycles. The Morgan fingerprint density at radius 1 is 0.451 bits per heavy atom. The van der Waals surface area contributed by atoms with E-state index in [0.29, 0.717) is 0 Å². The molecule has 0 heteroatoms. The smallest absolute Gasteiger partial charge is 0.0725 e. The van der Waals surface area contributed by atoms with Crippen LogP contribution in [0.1, 0.15) is 44.9 Å². The van der Waals surface area contributed by atoms with E-state index in [1.807, 2.05) is 0 Å². The molecule has 3 aliphatic carbocycles. The molecule has 0 N–H and O–H groups in total. The molecular formula is C51H34. The van der Waals surface area contributed by atoms with E-state index < -0.39 is 0 Å². The van der Waals surface area contributed by atoms with E-state index in [9.17, 15) is 0 Å². The summed E-state index contributed by atoms with van der Waals surface area (Å²) < 4.78 is 0. The van der Waals surface area contributed by atoms with Crippen LogP contribution in [0.15, 0.2) is 182 Å². The minimum Gasteiger partial charge on any atom is -0.0832 e. The molecule has 0 nitrogen and oxygen atoms in total. The van der Waals surface area contributed by atoms with Crippen LogP contribution >= 0.6 is 0 Å². The Morgan fingerprint density at radius 3 is 2.00 bits per heavy atom. The van der Waals surface area contributed by atoms with E-state index >= 15 is 0 Å². The molecule has 2 bridgehead atoms. The van der Waals surface area contributed by atoms with Crippen molar-refractivity contribution in [3.05, 3.63) is 221 Å². The molecule has 51 heavy (non-hydrogen) atoms. The second-order valence-electron chi connectivity index (χ2n) is 14.3. The molecular weight excluding hydrogens is 613 g/mol. The van der Waals surface area contributed by atoms with Gasteiger partial charge in [-0.05, 0) is 112 Å². The molecule has 11 rings (SSSR count). The highest BCUT2D eigenvalue weighted by Gasteiger charge is 2.49. The molecule has 0 radical (unpaired) electrons. The molecule has 0 saturated carbocycles. The minimum absolute atomic E-state index is 0.261. The van der Waals surface area contributed by atoms with Crippen molar-refractivity contribution in [3.63, 3.8) is 0 Å². The lowest BCUT2D eigenvalue weighted by atomic mass is 9.61. The second-order valence-corrected chi connectivity index (χ2v) is 14.3. The van der Waals surface area contributed by atoms with E-state index in [-0.39, 0.29) is 11.3 Å². The topological polar surface area (TPSA) is 0 Å². The van der Waals surface area contributed by atoms with Crippen LogP contribution in [-0.2, 0) is 11.8 Å². The fourth-order valence-electron chi connectivity index (χ4n) is 9.58. The zero-order valence-electron chi connectivity index (χ0n) is 28.2. The van der Waals surface area contributed by atoms with E-state index in [2.05, 4.69) is 188 Å². The van der Waals surface area contributed by atoms with Crippen LogP contribution < -0.4 is 0 Å². The summed E-state index contributed by atoms with van der Waals surface area (Å²) in [5.41, 5.74) is 16.9. The predicted octanol–water partition coefficient (Wildman–Crippen LogP) is 12.9. The van der Waals surface area contributed by atoms with Gasteiger partial charge in [0.25, 0.3) is 0 Å². The summed E-state index contributed by atoms with van der Waals surface area (Å²) in [6, 6.07) is 61.7. The highest BCUT2D eigenvalue weighted by Crippen LogP contribution is 2.62. The van der Waals surface area contributed by atoms with E-state index in [1.165, 1.54) is 93.9 Å². The Kier molecular flexibility index (Phi) is 6.10. The molecule has 0 fully saturated rings. The Bertz CT molecular complexity index is 2770. The van der Waals surface area contributed by atoms with Crippen LogP contribution in [0.25, 0.3) is 61.0 Å². The van der Waals surface area contributed by atoms with Crippen molar-refractivity contribution in [2.75, 3.05) is 0 Å². The van der Waals surface area contributed by atoms with Gasteiger partial charge in [0.1, 0.15) is 0 Å². The van der Waals surface area contributed by atoms with Crippen LogP contribution in [0.2, 0.25) is 0 Å². The van der Waals surface area contributed by atoms with Gasteiger partial charge >= 0.3 is 0 Å². The molecule has 0 aliphatic heterocycles. The van der Waals surface area contributed by atoms with Crippen molar-refractivity contribution in [2.45, 2.75) is 17.8 Å². The maximum Gasteiger partial charge on any atom is 0.0725 e. The van der Waals surface area contributed by atoms with Crippen molar-refractivity contribution in [1.29, 1.82) is 0 Å². The van der Waals surface area contributed by atoms with Crippen LogP contribution in [0.5, 0.6) is 0 Å². The lowest BCUT2D eigenvalue weighted by Gasteiger charge is -2.40. The summed E-state index contributed by atoms with van der Waals surface area (Å²) in [6.45, 7) is 0. The van der Waals surface area contributed by atoms with Gasteiger partial charge in [-0.15, -0.1) is 0 Å². The summed E-state index contributed by atoms with van der Waals surface area (Å²) in [6.07, 6.45) is 10.2. The first-order valence-corrected chi connectivity index (χ1v) is 18.1. The largest absolute Gasteiger partial charge is 0.0832 e. The van der Waals surface area contributed by atoms with E-state index in [0.717, 1.165) is 6.42 Å². The molecule has 1 spiro atoms. The molecule has 8 aromatic rings. The zero-order chi connectivity index (χ0) is 33.5. The Labute approximate surface area is 298 Å². The first kappa shape index (κ1) is 28.6. The molecule has 0 heterocycles. The standard InChI is InChI=1S/C51H34/c1-2-11-34(12-3-1)35-13-8-14-36-26-29-39(40-28-24-33(23-25-35)31-44(36)40)38-27-30-48-45(32-38)42-18-5-7-21-47(42)51(48)46-20-6-4-17-41(46)43-19-9-15-37-16-10-22-49(51)50(37)43/h1-13,15-32,35H,14H2/b13-8?,25-23-. The maximum atomic E-state index is 2.47. The van der Waals surface area contributed by atoms with Gasteiger partial charge in [0.15, 0.2) is 0 Å². The van der Waals surface area contributed by atoms with Crippen molar-refractivity contribution in [2.24, 2.45) is 0 Å². The van der Waals surface area contributed by atoms with Crippen LogP contribution in [0, 0.1) is 0 Å². The van der Waals surface area contributed by atoms with Gasteiger partial charge in [0.05, 0.1) is 5.41 Å². The average Bonchev–Trinajstić information content (AvgIpc) is 3.48. The number of benzene rings is 8. The average molecular weight is 647 g/mol. The van der Waals surface area contributed by atoms with E-state index in [4.69, 9.17) is 0 Å². The maximum absolute atomic E-state index is 2.47. The van der Waals surface area contributed by atoms with Gasteiger partial charge in [0, 0.05) is 5.92 Å². The van der Waals surface area contributed by atoms with Gasteiger partial charge in [-0.3, -0.25) is 0 Å². The lowest BCUT2D eigenvalue weighted by molar-refractivity contribution is 0.773. The highest BCUT2D eigenvalue weighted by molar-refractivity contribution is 6.07. The molecule has 0 amide bonds. The number of hydrogen-bond acceptors (Lipinski definition) is 0. The Balaban J connectivity index is 1.11. The Morgan fingerprint density at radius 2 is 1.16 bits per heavy atom. The van der Waals surface area contributed by atoms with Gasteiger partial charge in [0.2, 0.25) is 0 Å². The number of fused-ring (bicyclic) bond motifs is 10. The first-order valence-electron chi connectivity index (χ1n) is 18.1. The summed E-state index contributed by atoms with van der Waals surface area (Å²) in [4.78, 5) is 0. The third-order valence-corrected chi connectivity index (χ3v) is 11.8. The molecule has 238 valence electrons. The fraction of sp³-hybridized carbons (Fsp3) is 0.0588. The molecule has 2 unspecified atom stereocenters. The zero-order valence-corrected chi connectivity index (χ0v) is 28.2. The SMILES string of the molecule is C1=CC(c2ccccc2)/C=C\c2ccc3c(-c4ccc5c(c4)-c4ccccc4C54c5ccccc5-c5cccc6cccc4c56)ccc(c3c2)C1. The third kappa shape index (κ3) is 4.02. The fourth-order valence-corrected chi connectivity index (χ4v) is 9.58. The van der Waals surface area contributed by atoms with Crippen molar-refractivity contribution < 1.29 is 0 Å². The monoisotopic (exact) mass is 646 g/mol. The molecule has 0 aromatic heterocycles. The highest BCUT2D eigenvalue weighted by atomic mass is 14.5. The van der Waals surface area contributed by atoms with Crippen LogP contribution in [0.4, 0.5) is 0 Å². The first-order chi connectivity index (χ1) is 25.3. The number of rotatable bonds is 2. The summed E-state index contributed by atoms with van der Waals surface area (Å²) in [7, 11) is 0. The summed E-state index contributed by atoms with van der Waals surface area (Å²) >= 11 is 0. The number of allylic oxidation sites excluding steroid dienone is 3. The van der Waals surface area contributed by atoms with Gasteiger partial charge in [-0.25, -0.2) is 0 Å². The van der Waals surface area contributed by atoms with E-state index in [1.54, 1.807) is 0 Å². The van der Waals surface area contributed by atoms with Gasteiger partial charge < -0.3 is 0 Å². The van der Waals surface area contributed by atoms with Crippen LogP contribution in [0.3, 0.4) is 0 Å². The minimum atomic E-state index is -0.389. The molecule has 8 aromatic carbocycles. The second kappa shape index (κ2) is 10.9. The van der Waals surface area contributed by atoms with Crippen molar-refractivity contribution >= 4 is 27.6 Å². The van der Waals surface area contributed by atoms with Crippen molar-refractivity contribution in [3.8, 4) is 33.4 Å². The Hall–Kier alpha value is -6.24. The molecule has 2 atom stereocenters. The lowest BCUT2D eigenvalue weighted by Crippen LogP contribution is -2.31. The quantitative estimate of drug-likeness (QED) is 0.164. The van der Waals surface area contributed by atoms with Gasteiger partial charge in [-0.1, -0.05) is 176 Å². The summed E-state index contributed by atoms with van der Waals surface area (Å²) in [5, 5.41) is 5.31. The predicted molar refractivity (Wildman–Crippen MR) is 214 cm³/mol. The van der Waals surface area contributed by atoms with Crippen molar-refractivity contribution in [1.82, 2.24) is 0 Å². The normalized spacial score (nSPS) is 18.5. The molecule has 3 aliphatic rings. The summed E-state index contributed by atoms with van der Waals surface area (Å²) in [5.74, 6) is 0.261. The third-order valence-electron chi connectivity index (χ3n) is 11.8.